The summed E-state index contributed by atoms with van der Waals surface area (Å²) in [5.74, 6) is 0. The normalized spacial score (nSPS) is 24.9. The van der Waals surface area contributed by atoms with Crippen molar-refractivity contribution in [3.8, 4) is 0 Å². The van der Waals surface area contributed by atoms with Crippen LogP contribution in [0.15, 0.2) is 0 Å². The largest absolute Gasteiger partial charge is 0.378 e. The Kier molecular flexibility index (Phi) is 4.35. The van der Waals surface area contributed by atoms with Gasteiger partial charge < -0.3 is 10.5 Å². The molecule has 0 spiro atoms. The SMILES string of the molecule is CC(CCCN)N1CCOCC1(C)C. The van der Waals surface area contributed by atoms with Crippen molar-refractivity contribution in [1.29, 1.82) is 0 Å². The lowest BCUT2D eigenvalue weighted by Gasteiger charge is -2.45. The Balaban J connectivity index is 2.46. The zero-order valence-electron chi connectivity index (χ0n) is 9.75. The number of ether oxygens (including phenoxy) is 1. The highest BCUT2D eigenvalue weighted by Crippen LogP contribution is 2.23. The fraction of sp³-hybridized carbons (Fsp3) is 1.00. The summed E-state index contributed by atoms with van der Waals surface area (Å²) in [6.07, 6.45) is 2.31. The van der Waals surface area contributed by atoms with Gasteiger partial charge in [-0.2, -0.15) is 0 Å². The van der Waals surface area contributed by atoms with Gasteiger partial charge in [0.25, 0.3) is 0 Å². The summed E-state index contributed by atoms with van der Waals surface area (Å²) in [6, 6.07) is 0.623. The fourth-order valence-corrected chi connectivity index (χ4v) is 2.26. The van der Waals surface area contributed by atoms with E-state index in [4.69, 9.17) is 10.5 Å². The molecule has 1 unspecified atom stereocenters. The first-order valence-corrected chi connectivity index (χ1v) is 5.62. The lowest BCUT2D eigenvalue weighted by molar-refractivity contribution is -0.0700. The molecule has 0 bridgehead atoms. The van der Waals surface area contributed by atoms with Crippen molar-refractivity contribution in [2.45, 2.75) is 45.2 Å². The molecule has 1 aliphatic heterocycles. The van der Waals surface area contributed by atoms with E-state index in [1.54, 1.807) is 0 Å². The third-order valence-electron chi connectivity index (χ3n) is 3.07. The minimum Gasteiger partial charge on any atom is -0.378 e. The van der Waals surface area contributed by atoms with Crippen LogP contribution in [0, 0.1) is 0 Å². The first-order chi connectivity index (χ1) is 6.58. The van der Waals surface area contributed by atoms with Gasteiger partial charge in [-0.1, -0.05) is 0 Å². The molecule has 2 N–H and O–H groups in total. The number of morpholine rings is 1. The summed E-state index contributed by atoms with van der Waals surface area (Å²) >= 11 is 0. The van der Waals surface area contributed by atoms with Crippen LogP contribution in [0.3, 0.4) is 0 Å². The Hall–Kier alpha value is -0.120. The highest BCUT2D eigenvalue weighted by Gasteiger charge is 2.33. The number of hydrogen-bond donors (Lipinski definition) is 1. The molecule has 14 heavy (non-hydrogen) atoms. The van der Waals surface area contributed by atoms with Gasteiger partial charge in [-0.05, 0) is 40.2 Å². The first-order valence-electron chi connectivity index (χ1n) is 5.62. The van der Waals surface area contributed by atoms with Crippen LogP contribution in [-0.2, 0) is 4.74 Å². The summed E-state index contributed by atoms with van der Waals surface area (Å²) in [5, 5.41) is 0. The predicted molar refractivity (Wildman–Crippen MR) is 59.4 cm³/mol. The maximum atomic E-state index is 5.53. The molecule has 1 rings (SSSR count). The smallest absolute Gasteiger partial charge is 0.0645 e. The Morgan fingerprint density at radius 2 is 2.21 bits per heavy atom. The van der Waals surface area contributed by atoms with Crippen LogP contribution in [0.5, 0.6) is 0 Å². The third kappa shape index (κ3) is 2.94. The highest BCUT2D eigenvalue weighted by molar-refractivity contribution is 4.87. The van der Waals surface area contributed by atoms with E-state index in [0.29, 0.717) is 6.04 Å². The summed E-state index contributed by atoms with van der Waals surface area (Å²) in [7, 11) is 0. The van der Waals surface area contributed by atoms with E-state index in [1.807, 2.05) is 0 Å². The minimum atomic E-state index is 0.187. The monoisotopic (exact) mass is 200 g/mol. The van der Waals surface area contributed by atoms with Crippen molar-refractivity contribution >= 4 is 0 Å². The van der Waals surface area contributed by atoms with E-state index in [0.717, 1.165) is 32.7 Å². The maximum absolute atomic E-state index is 5.53. The second-order valence-electron chi connectivity index (χ2n) is 4.84. The van der Waals surface area contributed by atoms with E-state index >= 15 is 0 Å². The Morgan fingerprint density at radius 1 is 1.50 bits per heavy atom. The van der Waals surface area contributed by atoms with E-state index in [1.165, 1.54) is 6.42 Å². The second-order valence-corrected chi connectivity index (χ2v) is 4.84. The lowest BCUT2D eigenvalue weighted by Crippen LogP contribution is -2.56. The molecule has 3 heteroatoms. The lowest BCUT2D eigenvalue weighted by atomic mass is 9.98. The minimum absolute atomic E-state index is 0.187. The van der Waals surface area contributed by atoms with Crippen LogP contribution in [0.4, 0.5) is 0 Å². The molecule has 84 valence electrons. The van der Waals surface area contributed by atoms with Crippen LogP contribution < -0.4 is 5.73 Å². The molecule has 0 aromatic heterocycles. The quantitative estimate of drug-likeness (QED) is 0.741. The first kappa shape index (κ1) is 12.0. The molecule has 0 saturated carbocycles. The molecule has 0 aromatic carbocycles. The van der Waals surface area contributed by atoms with Gasteiger partial charge in [0.05, 0.1) is 13.2 Å². The zero-order chi connectivity index (χ0) is 10.6. The van der Waals surface area contributed by atoms with Crippen LogP contribution in [0.25, 0.3) is 0 Å². The van der Waals surface area contributed by atoms with E-state index in [9.17, 15) is 0 Å². The Morgan fingerprint density at radius 3 is 2.79 bits per heavy atom. The van der Waals surface area contributed by atoms with Crippen molar-refractivity contribution in [1.82, 2.24) is 4.90 Å². The summed E-state index contributed by atoms with van der Waals surface area (Å²) in [4.78, 5) is 2.55. The fourth-order valence-electron chi connectivity index (χ4n) is 2.26. The molecule has 0 aromatic rings. The molecule has 0 amide bonds. The molecule has 1 atom stereocenters. The van der Waals surface area contributed by atoms with Crippen molar-refractivity contribution in [3.63, 3.8) is 0 Å². The topological polar surface area (TPSA) is 38.5 Å². The van der Waals surface area contributed by atoms with Crippen LogP contribution in [0.2, 0.25) is 0 Å². The average Bonchev–Trinajstić information content (AvgIpc) is 2.13. The van der Waals surface area contributed by atoms with Gasteiger partial charge in [0.15, 0.2) is 0 Å². The number of hydrogen-bond acceptors (Lipinski definition) is 3. The third-order valence-corrected chi connectivity index (χ3v) is 3.07. The van der Waals surface area contributed by atoms with Crippen molar-refractivity contribution in [2.75, 3.05) is 26.3 Å². The zero-order valence-corrected chi connectivity index (χ0v) is 9.75. The predicted octanol–water partition coefficient (Wildman–Crippen LogP) is 1.22. The van der Waals surface area contributed by atoms with Gasteiger partial charge in [-0.25, -0.2) is 0 Å². The Bertz CT molecular complexity index is 171. The summed E-state index contributed by atoms with van der Waals surface area (Å²) < 4.78 is 5.50. The molecule has 0 aliphatic carbocycles. The molecule has 3 nitrogen and oxygen atoms in total. The van der Waals surface area contributed by atoms with Crippen LogP contribution >= 0.6 is 0 Å². The average molecular weight is 200 g/mol. The van der Waals surface area contributed by atoms with Crippen LogP contribution in [-0.4, -0.2) is 42.8 Å². The molecule has 1 heterocycles. The van der Waals surface area contributed by atoms with Crippen molar-refractivity contribution in [2.24, 2.45) is 5.73 Å². The molecule has 1 aliphatic rings. The van der Waals surface area contributed by atoms with E-state index in [-0.39, 0.29) is 5.54 Å². The molecule has 1 saturated heterocycles. The number of rotatable bonds is 4. The van der Waals surface area contributed by atoms with Gasteiger partial charge in [0.1, 0.15) is 0 Å². The van der Waals surface area contributed by atoms with Gasteiger partial charge in [0.2, 0.25) is 0 Å². The van der Waals surface area contributed by atoms with E-state index in [2.05, 4.69) is 25.7 Å². The second kappa shape index (κ2) is 5.10. The van der Waals surface area contributed by atoms with Crippen LogP contribution in [0.1, 0.15) is 33.6 Å². The van der Waals surface area contributed by atoms with Crippen molar-refractivity contribution in [3.05, 3.63) is 0 Å². The van der Waals surface area contributed by atoms with Gasteiger partial charge >= 0.3 is 0 Å². The van der Waals surface area contributed by atoms with Crippen molar-refractivity contribution < 1.29 is 4.74 Å². The van der Waals surface area contributed by atoms with Gasteiger partial charge in [-0.15, -0.1) is 0 Å². The molecular weight excluding hydrogens is 176 g/mol. The van der Waals surface area contributed by atoms with Gasteiger partial charge in [-0.3, -0.25) is 4.90 Å². The Labute approximate surface area is 87.6 Å². The molecule has 1 fully saturated rings. The maximum Gasteiger partial charge on any atom is 0.0645 e. The van der Waals surface area contributed by atoms with E-state index < -0.39 is 0 Å². The highest BCUT2D eigenvalue weighted by atomic mass is 16.5. The van der Waals surface area contributed by atoms with Gasteiger partial charge in [0, 0.05) is 18.1 Å². The molecular formula is C11H24N2O. The summed E-state index contributed by atoms with van der Waals surface area (Å²) in [5.41, 5.74) is 5.72. The molecule has 0 radical (unpaired) electrons. The summed E-state index contributed by atoms with van der Waals surface area (Å²) in [6.45, 7) is 10.4. The number of nitrogens with two attached hydrogens (primary N) is 1. The standard InChI is InChI=1S/C11H24N2O/c1-10(5-4-6-12)13-7-8-14-9-11(13,2)3/h10H,4-9,12H2,1-3H3. The number of nitrogens with zero attached hydrogens (tertiary/aromatic N) is 1.